The number of hydrogen-bond donors (Lipinski definition) is 0. The molecule has 0 saturated heterocycles. The lowest BCUT2D eigenvalue weighted by atomic mass is 10.1. The predicted octanol–water partition coefficient (Wildman–Crippen LogP) is 4.38. The van der Waals surface area contributed by atoms with Gasteiger partial charge >= 0.3 is 11.9 Å². The van der Waals surface area contributed by atoms with E-state index in [9.17, 15) is 9.59 Å². The van der Waals surface area contributed by atoms with Gasteiger partial charge in [-0.05, 0) is 38.0 Å². The molecular weight excluding hydrogens is 280 g/mol. The maximum atomic E-state index is 12.0. The molecule has 0 saturated carbocycles. The molecule has 22 heavy (non-hydrogen) atoms. The van der Waals surface area contributed by atoms with E-state index in [0.717, 1.165) is 32.1 Å². The minimum absolute atomic E-state index is 0.123. The molecule has 1 unspecified atom stereocenters. The number of hydrogen-bond acceptors (Lipinski definition) is 4. The van der Waals surface area contributed by atoms with Crippen molar-refractivity contribution in [1.82, 2.24) is 0 Å². The summed E-state index contributed by atoms with van der Waals surface area (Å²) in [6.45, 7) is 6.41. The van der Waals surface area contributed by atoms with E-state index >= 15 is 0 Å². The first kappa shape index (κ1) is 18.2. The first-order chi connectivity index (χ1) is 10.6. The highest BCUT2D eigenvalue weighted by molar-refractivity contribution is 5.95. The summed E-state index contributed by atoms with van der Waals surface area (Å²) in [5, 5.41) is 0. The number of ether oxygens (including phenoxy) is 2. The van der Waals surface area contributed by atoms with Crippen molar-refractivity contribution >= 4 is 11.9 Å². The Balaban J connectivity index is 2.61. The quantitative estimate of drug-likeness (QED) is 0.502. The fourth-order valence-electron chi connectivity index (χ4n) is 2.09. The number of carbonyl (C=O) groups is 2. The van der Waals surface area contributed by atoms with E-state index in [2.05, 4.69) is 6.92 Å². The van der Waals surface area contributed by atoms with Crippen molar-refractivity contribution in [1.29, 1.82) is 0 Å². The first-order valence-electron chi connectivity index (χ1n) is 8.06. The molecule has 0 N–H and O–H groups in total. The molecule has 0 fully saturated rings. The lowest BCUT2D eigenvalue weighted by molar-refractivity contribution is 0.0323. The van der Waals surface area contributed by atoms with Crippen LogP contribution in [-0.2, 0) is 9.47 Å². The van der Waals surface area contributed by atoms with E-state index in [0.29, 0.717) is 17.7 Å². The molecule has 0 aromatic heterocycles. The smallest absolute Gasteiger partial charge is 0.338 e. The average Bonchev–Trinajstić information content (AvgIpc) is 2.51. The average molecular weight is 306 g/mol. The summed E-state index contributed by atoms with van der Waals surface area (Å²) in [6.07, 6.45) is 4.63. The summed E-state index contributed by atoms with van der Waals surface area (Å²) in [4.78, 5) is 24.0. The van der Waals surface area contributed by atoms with Crippen LogP contribution in [0.3, 0.4) is 0 Å². The molecule has 0 spiro atoms. The Labute approximate surface area is 132 Å². The van der Waals surface area contributed by atoms with Gasteiger partial charge in [-0.15, -0.1) is 0 Å². The van der Waals surface area contributed by atoms with E-state index in [1.807, 2.05) is 13.8 Å². The largest absolute Gasteiger partial charge is 0.462 e. The van der Waals surface area contributed by atoms with Gasteiger partial charge in [0.25, 0.3) is 0 Å². The molecule has 0 radical (unpaired) electrons. The van der Waals surface area contributed by atoms with Crippen molar-refractivity contribution in [2.45, 2.75) is 59.0 Å². The van der Waals surface area contributed by atoms with Gasteiger partial charge in [-0.3, -0.25) is 0 Å². The highest BCUT2D eigenvalue weighted by atomic mass is 16.5. The highest BCUT2D eigenvalue weighted by Gasteiger charge is 2.14. The van der Waals surface area contributed by atoms with E-state index in [1.165, 1.54) is 6.07 Å². The first-order valence-corrected chi connectivity index (χ1v) is 8.06. The summed E-state index contributed by atoms with van der Waals surface area (Å²) < 4.78 is 10.5. The molecule has 1 aromatic rings. The van der Waals surface area contributed by atoms with Crippen molar-refractivity contribution in [3.05, 3.63) is 35.4 Å². The molecule has 0 heterocycles. The van der Waals surface area contributed by atoms with Crippen LogP contribution in [-0.4, -0.2) is 24.6 Å². The molecule has 4 heteroatoms. The molecule has 0 aliphatic heterocycles. The molecule has 0 aliphatic carbocycles. The van der Waals surface area contributed by atoms with Crippen LogP contribution in [0.1, 0.15) is 73.6 Å². The summed E-state index contributed by atoms with van der Waals surface area (Å²) in [5.74, 6) is -0.797. The second-order valence-electron chi connectivity index (χ2n) is 5.43. The Morgan fingerprint density at radius 3 is 2.36 bits per heavy atom. The van der Waals surface area contributed by atoms with Gasteiger partial charge < -0.3 is 9.47 Å². The maximum Gasteiger partial charge on any atom is 0.338 e. The Kier molecular flexibility index (Phi) is 8.26. The number of esters is 2. The van der Waals surface area contributed by atoms with Crippen LogP contribution in [0, 0.1) is 0 Å². The molecular formula is C18H26O4. The van der Waals surface area contributed by atoms with Gasteiger partial charge in [-0.25, -0.2) is 9.59 Å². The Morgan fingerprint density at radius 1 is 1.05 bits per heavy atom. The lowest BCUT2D eigenvalue weighted by Gasteiger charge is -2.12. The number of benzene rings is 1. The second kappa shape index (κ2) is 9.98. The Morgan fingerprint density at radius 2 is 1.73 bits per heavy atom. The molecule has 4 nitrogen and oxygen atoms in total. The van der Waals surface area contributed by atoms with Gasteiger partial charge in [0, 0.05) is 0 Å². The van der Waals surface area contributed by atoms with Crippen LogP contribution in [0.4, 0.5) is 0 Å². The second-order valence-corrected chi connectivity index (χ2v) is 5.43. The SMILES string of the molecule is CCCCCOC(=O)c1cccc(C(=O)OC(C)CCC)c1. The summed E-state index contributed by atoms with van der Waals surface area (Å²) in [6, 6.07) is 6.50. The monoisotopic (exact) mass is 306 g/mol. The van der Waals surface area contributed by atoms with Crippen molar-refractivity contribution in [3.63, 3.8) is 0 Å². The van der Waals surface area contributed by atoms with E-state index in [-0.39, 0.29) is 6.10 Å². The Hall–Kier alpha value is -1.84. The van der Waals surface area contributed by atoms with Crippen molar-refractivity contribution < 1.29 is 19.1 Å². The topological polar surface area (TPSA) is 52.6 Å². The van der Waals surface area contributed by atoms with Crippen molar-refractivity contribution in [2.24, 2.45) is 0 Å². The van der Waals surface area contributed by atoms with E-state index in [4.69, 9.17) is 9.47 Å². The van der Waals surface area contributed by atoms with Gasteiger partial charge in [0.2, 0.25) is 0 Å². The van der Waals surface area contributed by atoms with Gasteiger partial charge in [0.05, 0.1) is 23.8 Å². The van der Waals surface area contributed by atoms with Crippen LogP contribution < -0.4 is 0 Å². The molecule has 1 aromatic carbocycles. The normalized spacial score (nSPS) is 11.8. The zero-order valence-corrected chi connectivity index (χ0v) is 13.8. The third-order valence-electron chi connectivity index (χ3n) is 3.32. The zero-order valence-electron chi connectivity index (χ0n) is 13.8. The predicted molar refractivity (Wildman–Crippen MR) is 86.0 cm³/mol. The minimum atomic E-state index is -0.401. The van der Waals surface area contributed by atoms with Crippen LogP contribution >= 0.6 is 0 Å². The molecule has 0 amide bonds. The summed E-state index contributed by atoms with van der Waals surface area (Å²) >= 11 is 0. The number of rotatable bonds is 9. The number of carbonyl (C=O) groups excluding carboxylic acids is 2. The standard InChI is InChI=1S/C18H26O4/c1-4-6-7-12-21-17(19)15-10-8-11-16(13-15)18(20)22-14(3)9-5-2/h8,10-11,13-14H,4-7,9,12H2,1-3H3. The summed E-state index contributed by atoms with van der Waals surface area (Å²) in [5.41, 5.74) is 0.764. The molecule has 1 rings (SSSR count). The molecule has 0 bridgehead atoms. The van der Waals surface area contributed by atoms with E-state index < -0.39 is 11.9 Å². The van der Waals surface area contributed by atoms with Gasteiger partial charge in [-0.1, -0.05) is 39.2 Å². The summed E-state index contributed by atoms with van der Waals surface area (Å²) in [7, 11) is 0. The van der Waals surface area contributed by atoms with Gasteiger partial charge in [0.15, 0.2) is 0 Å². The maximum absolute atomic E-state index is 12.0. The van der Waals surface area contributed by atoms with E-state index in [1.54, 1.807) is 18.2 Å². The fourth-order valence-corrected chi connectivity index (χ4v) is 2.09. The van der Waals surface area contributed by atoms with Crippen LogP contribution in [0.5, 0.6) is 0 Å². The lowest BCUT2D eigenvalue weighted by Crippen LogP contribution is -2.15. The van der Waals surface area contributed by atoms with Crippen molar-refractivity contribution in [3.8, 4) is 0 Å². The molecule has 1 atom stereocenters. The molecule has 122 valence electrons. The Bertz CT molecular complexity index is 482. The van der Waals surface area contributed by atoms with Crippen LogP contribution in [0.25, 0.3) is 0 Å². The third-order valence-corrected chi connectivity index (χ3v) is 3.32. The minimum Gasteiger partial charge on any atom is -0.462 e. The van der Waals surface area contributed by atoms with Gasteiger partial charge in [0.1, 0.15) is 0 Å². The number of unbranched alkanes of at least 4 members (excludes halogenated alkanes) is 2. The van der Waals surface area contributed by atoms with Gasteiger partial charge in [-0.2, -0.15) is 0 Å². The van der Waals surface area contributed by atoms with Crippen molar-refractivity contribution in [2.75, 3.05) is 6.61 Å². The molecule has 0 aliphatic rings. The third kappa shape index (κ3) is 6.29. The zero-order chi connectivity index (χ0) is 16.4. The van der Waals surface area contributed by atoms with Crippen LogP contribution in [0.2, 0.25) is 0 Å². The fraction of sp³-hybridized carbons (Fsp3) is 0.556. The highest BCUT2D eigenvalue weighted by Crippen LogP contribution is 2.11. The van der Waals surface area contributed by atoms with Crippen LogP contribution in [0.15, 0.2) is 24.3 Å².